The van der Waals surface area contributed by atoms with Crippen molar-refractivity contribution in [2.24, 2.45) is 0 Å². The average molecular weight is 131 g/mol. The van der Waals surface area contributed by atoms with Gasteiger partial charge in [-0.2, -0.15) is 0 Å². The van der Waals surface area contributed by atoms with E-state index in [1.807, 2.05) is 6.92 Å². The molecule has 0 aromatic rings. The van der Waals surface area contributed by atoms with E-state index in [0.29, 0.717) is 11.3 Å². The molecule has 0 aliphatic heterocycles. The van der Waals surface area contributed by atoms with Crippen LogP contribution < -0.4 is 0 Å². The molecule has 0 amide bonds. The van der Waals surface area contributed by atoms with Gasteiger partial charge in [-0.15, -0.1) is 0 Å². The quantitative estimate of drug-likeness (QED) is 0.406. The van der Waals surface area contributed by atoms with Crippen molar-refractivity contribution in [1.29, 1.82) is 0 Å². The minimum Gasteiger partial charge on any atom is -0.492 e. The zero-order chi connectivity index (χ0) is 5.70. The van der Waals surface area contributed by atoms with Gasteiger partial charge < -0.3 is 4.74 Å². The first-order valence-corrected chi connectivity index (χ1v) is 3.23. The van der Waals surface area contributed by atoms with Crippen LogP contribution in [-0.4, -0.2) is 21.5 Å². The van der Waals surface area contributed by atoms with E-state index < -0.39 is 0 Å². The Morgan fingerprint density at radius 3 is 2.57 bits per heavy atom. The van der Waals surface area contributed by atoms with Gasteiger partial charge in [0.25, 0.3) is 0 Å². The Morgan fingerprint density at radius 1 is 1.86 bits per heavy atom. The smallest absolute Gasteiger partial charge is 0.158 e. The largest absolute Gasteiger partial charge is 0.492 e. The Hall–Kier alpha value is 0.107. The maximum atomic E-state index is 4.84. The Balaban J connectivity index is 3.00. The van der Waals surface area contributed by atoms with Crippen LogP contribution in [0.4, 0.5) is 0 Å². The molecule has 0 saturated heterocycles. The molecule has 0 aliphatic carbocycles. The van der Waals surface area contributed by atoms with Crippen molar-refractivity contribution in [2.45, 2.75) is 13.3 Å². The molecule has 7 heavy (non-hydrogen) atoms. The molecule has 0 heterocycles. The van der Waals surface area contributed by atoms with Crippen LogP contribution in [0.25, 0.3) is 0 Å². The zero-order valence-electron chi connectivity index (χ0n) is 4.23. The lowest BCUT2D eigenvalue weighted by Gasteiger charge is -1.97. The highest BCUT2D eigenvalue weighted by Crippen LogP contribution is 1.84. The van der Waals surface area contributed by atoms with Crippen LogP contribution in [0.3, 0.4) is 0 Å². The van der Waals surface area contributed by atoms with Gasteiger partial charge in [0, 0.05) is 6.42 Å². The molecule has 0 aromatic carbocycles. The molecule has 0 aliphatic rings. The van der Waals surface area contributed by atoms with Crippen molar-refractivity contribution in [3.05, 3.63) is 0 Å². The summed E-state index contributed by atoms with van der Waals surface area (Å²) in [5.41, 5.74) is 0. The summed E-state index contributed by atoms with van der Waals surface area (Å²) in [6, 6.07) is 0. The van der Waals surface area contributed by atoms with Gasteiger partial charge >= 0.3 is 0 Å². The third-order valence-electron chi connectivity index (χ3n) is 0.522. The van der Waals surface area contributed by atoms with Crippen LogP contribution in [0.1, 0.15) is 13.3 Å². The van der Waals surface area contributed by atoms with E-state index >= 15 is 0 Å². The molecule has 0 aromatic heterocycles. The average Bonchev–Trinajstić information content (AvgIpc) is 1.68. The summed E-state index contributed by atoms with van der Waals surface area (Å²) in [5.74, 6) is 0. The van der Waals surface area contributed by atoms with Gasteiger partial charge in [0.1, 0.15) is 0 Å². The van der Waals surface area contributed by atoms with Crippen molar-refractivity contribution >= 4 is 27.5 Å². The van der Waals surface area contributed by atoms with Crippen LogP contribution in [0, 0.1) is 0 Å². The first-order valence-electron chi connectivity index (χ1n) is 2.11. The normalized spacial score (nSPS) is 8.29. The summed E-state index contributed by atoms with van der Waals surface area (Å²) in [4.78, 5) is 0. The highest BCUT2D eigenvalue weighted by atomic mass is 32.1. The molecule has 1 nitrogen and oxygen atoms in total. The number of hydrogen-bond acceptors (Lipinski definition) is 2. The molecule has 0 bridgehead atoms. The molecule has 0 saturated carbocycles. The van der Waals surface area contributed by atoms with Crippen molar-refractivity contribution in [3.63, 3.8) is 0 Å². The summed E-state index contributed by atoms with van der Waals surface area (Å²) >= 11 is 4.70. The highest BCUT2D eigenvalue weighted by Gasteiger charge is 1.85. The van der Waals surface area contributed by atoms with Gasteiger partial charge in [-0.05, 0) is 12.2 Å². The Morgan fingerprint density at radius 2 is 2.43 bits per heavy atom. The summed E-state index contributed by atoms with van der Waals surface area (Å²) < 4.78 is 4.84. The van der Waals surface area contributed by atoms with Crippen molar-refractivity contribution in [3.8, 4) is 0 Å². The molecule has 0 unspecified atom stereocenters. The lowest BCUT2D eigenvalue weighted by atomic mass is 10.5. The van der Waals surface area contributed by atoms with Crippen LogP contribution in [-0.2, 0) is 4.74 Å². The van der Waals surface area contributed by atoms with Crippen LogP contribution in [0.15, 0.2) is 0 Å². The van der Waals surface area contributed by atoms with E-state index in [-0.39, 0.29) is 0 Å². The van der Waals surface area contributed by atoms with E-state index in [1.54, 1.807) is 0 Å². The summed E-state index contributed by atoms with van der Waals surface area (Å²) in [6.45, 7) is 1.96. The van der Waals surface area contributed by atoms with Crippen LogP contribution in [0.5, 0.6) is 0 Å². The minimum atomic E-state index is 0.507. The number of hydrogen-bond donors (Lipinski definition) is 0. The maximum Gasteiger partial charge on any atom is 0.158 e. The topological polar surface area (TPSA) is 9.23 Å². The molecule has 0 N–H and O–H groups in total. The van der Waals surface area contributed by atoms with Crippen molar-refractivity contribution in [1.82, 2.24) is 0 Å². The van der Waals surface area contributed by atoms with Gasteiger partial charge in [0.05, 0.1) is 16.5 Å². The third-order valence-corrected chi connectivity index (χ3v) is 1.07. The summed E-state index contributed by atoms with van der Waals surface area (Å²) in [7, 11) is 3.12. The molecule has 0 atom stereocenters. The highest BCUT2D eigenvalue weighted by molar-refractivity contribution is 7.80. The van der Waals surface area contributed by atoms with Crippen LogP contribution in [0.2, 0.25) is 0 Å². The Labute approximate surface area is 52.5 Å². The summed E-state index contributed by atoms with van der Waals surface area (Å²) in [6.07, 6.45) is 1.33. The lowest BCUT2D eigenvalue weighted by Crippen LogP contribution is -1.99. The predicted octanol–water partition coefficient (Wildman–Crippen LogP) is 0.866. The van der Waals surface area contributed by atoms with Crippen LogP contribution >= 0.6 is 12.2 Å². The first-order chi connectivity index (χ1) is 3.31. The van der Waals surface area contributed by atoms with Gasteiger partial charge in [-0.3, -0.25) is 0 Å². The first kappa shape index (κ1) is 7.11. The zero-order valence-corrected chi connectivity index (χ0v) is 6.05. The molecule has 0 rings (SSSR count). The maximum absolute atomic E-state index is 4.84. The summed E-state index contributed by atoms with van der Waals surface area (Å²) in [5, 5.41) is 0.662. The Kier molecular flexibility index (Phi) is 4.34. The fraction of sp³-hybridized carbons (Fsp3) is 0.750. The second-order valence-electron chi connectivity index (χ2n) is 1.01. The Bertz CT molecular complexity index is 64.7. The third kappa shape index (κ3) is 3.95. The van der Waals surface area contributed by atoms with Gasteiger partial charge in [0.2, 0.25) is 0 Å². The predicted molar refractivity (Wildman–Crippen MR) is 34.6 cm³/mol. The van der Waals surface area contributed by atoms with E-state index in [2.05, 4.69) is 10.2 Å². The van der Waals surface area contributed by atoms with E-state index in [9.17, 15) is 0 Å². The molecule has 3 heteroatoms. The molecule has 0 spiro atoms. The number of ether oxygens (including phenoxy) is 1. The van der Waals surface area contributed by atoms with Gasteiger partial charge in [0.15, 0.2) is 5.05 Å². The molecule has 3 radical (unpaired) electrons. The second kappa shape index (κ2) is 4.27. The molecular weight excluding hydrogens is 124 g/mol. The number of rotatable bonds is 2. The molecular formula is C4H7OSSi. The van der Waals surface area contributed by atoms with Gasteiger partial charge in [-0.1, -0.05) is 6.92 Å². The van der Waals surface area contributed by atoms with E-state index in [1.165, 1.54) is 0 Å². The lowest BCUT2D eigenvalue weighted by molar-refractivity contribution is 0.376. The number of thiocarbonyl (C=S) groups is 1. The fourth-order valence-electron chi connectivity index (χ4n) is 0.183. The van der Waals surface area contributed by atoms with Crippen molar-refractivity contribution in [2.75, 3.05) is 6.23 Å². The minimum absolute atomic E-state index is 0.507. The fourth-order valence-corrected chi connectivity index (χ4v) is 0.520. The molecule has 0 fully saturated rings. The van der Waals surface area contributed by atoms with Gasteiger partial charge in [-0.25, -0.2) is 0 Å². The molecule has 39 valence electrons. The van der Waals surface area contributed by atoms with E-state index in [4.69, 9.17) is 17.0 Å². The van der Waals surface area contributed by atoms with E-state index in [0.717, 1.165) is 6.42 Å². The van der Waals surface area contributed by atoms with Crippen molar-refractivity contribution < 1.29 is 4.74 Å². The second-order valence-corrected chi connectivity index (χ2v) is 1.76. The monoisotopic (exact) mass is 131 g/mol. The standard InChI is InChI=1S/C4H7OSSi/c1-2-4(6)5-3-7/h2-3H2,1H3. The SMILES string of the molecule is CCC(=S)OC[Si].